The number of aryl methyl sites for hydroxylation is 1. The molecular formula is C25H25N3O3S. The highest BCUT2D eigenvalue weighted by atomic mass is 32.1. The van der Waals surface area contributed by atoms with Crippen LogP contribution in [0.2, 0.25) is 0 Å². The van der Waals surface area contributed by atoms with Crippen LogP contribution in [0.1, 0.15) is 35.3 Å². The molecule has 7 heteroatoms. The summed E-state index contributed by atoms with van der Waals surface area (Å²) in [6, 6.07) is 15.2. The first-order chi connectivity index (χ1) is 15.6. The second-order valence-corrected chi connectivity index (χ2v) is 8.26. The van der Waals surface area contributed by atoms with Crippen molar-refractivity contribution >= 4 is 32.6 Å². The van der Waals surface area contributed by atoms with Crippen molar-refractivity contribution in [3.05, 3.63) is 77.6 Å². The average Bonchev–Trinajstić information content (AvgIpc) is 3.22. The number of anilines is 1. The van der Waals surface area contributed by atoms with Crippen LogP contribution in [0, 0.1) is 6.92 Å². The molecule has 0 fully saturated rings. The summed E-state index contributed by atoms with van der Waals surface area (Å²) in [6.45, 7) is 7.23. The van der Waals surface area contributed by atoms with E-state index in [-0.39, 0.29) is 5.91 Å². The van der Waals surface area contributed by atoms with Crippen molar-refractivity contribution in [1.29, 1.82) is 0 Å². The Morgan fingerprint density at radius 1 is 1.03 bits per heavy atom. The zero-order valence-electron chi connectivity index (χ0n) is 18.4. The minimum absolute atomic E-state index is 0.159. The summed E-state index contributed by atoms with van der Waals surface area (Å²) in [4.78, 5) is 24.3. The van der Waals surface area contributed by atoms with Crippen LogP contribution in [-0.4, -0.2) is 29.1 Å². The predicted molar refractivity (Wildman–Crippen MR) is 128 cm³/mol. The molecule has 0 unspecified atom stereocenters. The maximum atomic E-state index is 13.7. The minimum Gasteiger partial charge on any atom is -0.490 e. The molecule has 0 bridgehead atoms. The van der Waals surface area contributed by atoms with E-state index in [0.717, 1.165) is 21.3 Å². The van der Waals surface area contributed by atoms with Crippen molar-refractivity contribution in [3.63, 3.8) is 0 Å². The third-order valence-electron chi connectivity index (χ3n) is 4.86. The van der Waals surface area contributed by atoms with Gasteiger partial charge in [-0.25, -0.2) is 4.98 Å². The van der Waals surface area contributed by atoms with Crippen LogP contribution in [0.25, 0.3) is 10.2 Å². The van der Waals surface area contributed by atoms with Gasteiger partial charge in [-0.3, -0.25) is 14.7 Å². The van der Waals surface area contributed by atoms with E-state index < -0.39 is 0 Å². The first kappa shape index (κ1) is 21.8. The van der Waals surface area contributed by atoms with Gasteiger partial charge in [0.15, 0.2) is 16.6 Å². The molecule has 164 valence electrons. The molecule has 1 amide bonds. The van der Waals surface area contributed by atoms with E-state index in [1.165, 1.54) is 11.3 Å². The average molecular weight is 448 g/mol. The lowest BCUT2D eigenvalue weighted by atomic mass is 10.1. The Balaban J connectivity index is 1.75. The lowest BCUT2D eigenvalue weighted by Crippen LogP contribution is -2.30. The van der Waals surface area contributed by atoms with Gasteiger partial charge in [-0.05, 0) is 68.3 Å². The molecule has 0 spiro atoms. The van der Waals surface area contributed by atoms with E-state index in [9.17, 15) is 4.79 Å². The molecular weight excluding hydrogens is 422 g/mol. The van der Waals surface area contributed by atoms with Gasteiger partial charge < -0.3 is 9.47 Å². The van der Waals surface area contributed by atoms with Crippen molar-refractivity contribution in [1.82, 2.24) is 9.97 Å². The van der Waals surface area contributed by atoms with Crippen molar-refractivity contribution in [2.24, 2.45) is 0 Å². The molecule has 0 aliphatic rings. The number of carbonyl (C=O) groups is 1. The molecule has 0 N–H and O–H groups in total. The van der Waals surface area contributed by atoms with Gasteiger partial charge in [-0.15, -0.1) is 0 Å². The molecule has 2 aromatic heterocycles. The maximum Gasteiger partial charge on any atom is 0.260 e. The van der Waals surface area contributed by atoms with Crippen molar-refractivity contribution in [3.8, 4) is 11.5 Å². The number of fused-ring (bicyclic) bond motifs is 1. The lowest BCUT2D eigenvalue weighted by molar-refractivity contribution is 0.0984. The Morgan fingerprint density at radius 2 is 1.84 bits per heavy atom. The van der Waals surface area contributed by atoms with Crippen LogP contribution < -0.4 is 14.4 Å². The van der Waals surface area contributed by atoms with Crippen LogP contribution in [0.15, 0.2) is 60.9 Å². The van der Waals surface area contributed by atoms with Crippen LogP contribution in [0.4, 0.5) is 5.13 Å². The molecule has 0 aliphatic heterocycles. The number of hydrogen-bond donors (Lipinski definition) is 0. The van der Waals surface area contributed by atoms with E-state index in [1.807, 2.05) is 45.0 Å². The summed E-state index contributed by atoms with van der Waals surface area (Å²) in [6.07, 6.45) is 3.48. The largest absolute Gasteiger partial charge is 0.490 e. The molecule has 0 aliphatic carbocycles. The summed E-state index contributed by atoms with van der Waals surface area (Å²) in [5.74, 6) is 1.02. The summed E-state index contributed by atoms with van der Waals surface area (Å²) < 4.78 is 12.4. The fourth-order valence-corrected chi connectivity index (χ4v) is 4.44. The number of thiazole rings is 1. The maximum absolute atomic E-state index is 13.7. The number of hydrogen-bond acceptors (Lipinski definition) is 6. The summed E-state index contributed by atoms with van der Waals surface area (Å²) in [7, 11) is 0. The molecule has 0 atom stereocenters. The van der Waals surface area contributed by atoms with Gasteiger partial charge in [-0.2, -0.15) is 0 Å². The fourth-order valence-electron chi connectivity index (χ4n) is 3.38. The van der Waals surface area contributed by atoms with Crippen molar-refractivity contribution < 1.29 is 14.3 Å². The summed E-state index contributed by atoms with van der Waals surface area (Å²) >= 11 is 1.51. The second-order valence-electron chi connectivity index (χ2n) is 7.25. The van der Waals surface area contributed by atoms with Gasteiger partial charge in [0.05, 0.1) is 30.0 Å². The third kappa shape index (κ3) is 4.73. The Hall–Kier alpha value is -3.45. The standard InChI is InChI=1S/C25H25N3O3S/c1-4-30-21-11-9-19(14-22(21)31-5-2)24(29)28(16-18-7-6-12-26-15-18)25-27-20-10-8-17(3)13-23(20)32-25/h6-15H,4-5,16H2,1-3H3. The Bertz CT molecular complexity index is 1220. The molecule has 0 radical (unpaired) electrons. The van der Waals surface area contributed by atoms with Gasteiger partial charge in [0.1, 0.15) is 0 Å². The molecule has 0 saturated heterocycles. The monoisotopic (exact) mass is 447 g/mol. The number of rotatable bonds is 8. The number of aromatic nitrogens is 2. The second kappa shape index (κ2) is 9.78. The minimum atomic E-state index is -0.159. The van der Waals surface area contributed by atoms with Crippen LogP contribution in [-0.2, 0) is 6.54 Å². The van der Waals surface area contributed by atoms with Crippen LogP contribution >= 0.6 is 11.3 Å². The van der Waals surface area contributed by atoms with E-state index in [2.05, 4.69) is 11.1 Å². The number of amides is 1. The zero-order chi connectivity index (χ0) is 22.5. The molecule has 4 rings (SSSR count). The lowest BCUT2D eigenvalue weighted by Gasteiger charge is -2.21. The number of pyridine rings is 1. The first-order valence-electron chi connectivity index (χ1n) is 10.6. The van der Waals surface area contributed by atoms with Crippen LogP contribution in [0.3, 0.4) is 0 Å². The van der Waals surface area contributed by atoms with Crippen LogP contribution in [0.5, 0.6) is 11.5 Å². The molecule has 4 aromatic rings. The molecule has 0 saturated carbocycles. The Kier molecular flexibility index (Phi) is 6.66. The third-order valence-corrected chi connectivity index (χ3v) is 5.90. The SMILES string of the molecule is CCOc1ccc(C(=O)N(Cc2cccnc2)c2nc3ccc(C)cc3s2)cc1OCC. The zero-order valence-corrected chi connectivity index (χ0v) is 19.2. The smallest absolute Gasteiger partial charge is 0.260 e. The van der Waals surface area contributed by atoms with E-state index in [0.29, 0.717) is 42.0 Å². The van der Waals surface area contributed by atoms with E-state index >= 15 is 0 Å². The molecule has 2 heterocycles. The van der Waals surface area contributed by atoms with Crippen molar-refractivity contribution in [2.45, 2.75) is 27.3 Å². The van der Waals surface area contributed by atoms with Gasteiger partial charge in [-0.1, -0.05) is 23.5 Å². The van der Waals surface area contributed by atoms with Gasteiger partial charge >= 0.3 is 0 Å². The summed E-state index contributed by atoms with van der Waals surface area (Å²) in [5.41, 5.74) is 3.47. The predicted octanol–water partition coefficient (Wildman–Crippen LogP) is 5.64. The number of nitrogens with zero attached hydrogens (tertiary/aromatic N) is 3. The van der Waals surface area contributed by atoms with E-state index in [1.54, 1.807) is 35.5 Å². The topological polar surface area (TPSA) is 64.5 Å². The highest BCUT2D eigenvalue weighted by molar-refractivity contribution is 7.22. The summed E-state index contributed by atoms with van der Waals surface area (Å²) in [5, 5.41) is 0.645. The quantitative estimate of drug-likeness (QED) is 0.349. The van der Waals surface area contributed by atoms with Gasteiger partial charge in [0.2, 0.25) is 0 Å². The highest BCUT2D eigenvalue weighted by Crippen LogP contribution is 2.33. The van der Waals surface area contributed by atoms with E-state index in [4.69, 9.17) is 14.5 Å². The van der Waals surface area contributed by atoms with Crippen molar-refractivity contribution in [2.75, 3.05) is 18.1 Å². The fraction of sp³-hybridized carbons (Fsp3) is 0.240. The number of carbonyl (C=O) groups excluding carboxylic acids is 1. The Labute approximate surface area is 191 Å². The Morgan fingerprint density at radius 3 is 2.59 bits per heavy atom. The highest BCUT2D eigenvalue weighted by Gasteiger charge is 2.23. The number of benzene rings is 2. The first-order valence-corrected chi connectivity index (χ1v) is 11.4. The normalized spacial score (nSPS) is 10.8. The van der Waals surface area contributed by atoms with Gasteiger partial charge in [0.25, 0.3) is 5.91 Å². The molecule has 32 heavy (non-hydrogen) atoms. The molecule has 6 nitrogen and oxygen atoms in total. The van der Waals surface area contributed by atoms with Gasteiger partial charge in [0, 0.05) is 18.0 Å². The molecule has 2 aromatic carbocycles. The number of ether oxygens (including phenoxy) is 2.